The highest BCUT2D eigenvalue weighted by atomic mass is 32.1. The zero-order valence-electron chi connectivity index (χ0n) is 10.0. The van der Waals surface area contributed by atoms with Gasteiger partial charge in [0.15, 0.2) is 5.69 Å². The normalized spacial score (nSPS) is 10.8. The maximum Gasteiger partial charge on any atom is 0.270 e. The average Bonchev–Trinajstić information content (AvgIpc) is 2.95. The second-order valence-electron chi connectivity index (χ2n) is 3.96. The summed E-state index contributed by atoms with van der Waals surface area (Å²) in [5.74, 6) is 0.862. The van der Waals surface area contributed by atoms with E-state index in [1.54, 1.807) is 0 Å². The fourth-order valence-corrected chi connectivity index (χ4v) is 1.90. The Morgan fingerprint density at radius 1 is 1.56 bits per heavy atom. The Kier molecular flexibility index (Phi) is 3.56. The van der Waals surface area contributed by atoms with Crippen LogP contribution >= 0.6 is 11.5 Å². The van der Waals surface area contributed by atoms with Gasteiger partial charge < -0.3 is 15.5 Å². The molecule has 0 atom stereocenters. The second kappa shape index (κ2) is 5.13. The fraction of sp³-hybridized carbons (Fsp3) is 0.400. The van der Waals surface area contributed by atoms with Crippen LogP contribution in [-0.2, 0) is 6.54 Å². The minimum atomic E-state index is -0.608. The number of aromatic nitrogens is 3. The van der Waals surface area contributed by atoms with Crippen LogP contribution in [0.1, 0.15) is 42.0 Å². The van der Waals surface area contributed by atoms with Crippen molar-refractivity contribution in [3.05, 3.63) is 23.7 Å². The molecule has 1 amide bonds. The summed E-state index contributed by atoms with van der Waals surface area (Å²) in [4.78, 5) is 19.0. The highest BCUT2D eigenvalue weighted by Crippen LogP contribution is 2.17. The molecule has 8 heteroatoms. The van der Waals surface area contributed by atoms with Gasteiger partial charge in [0.05, 0.1) is 6.54 Å². The quantitative estimate of drug-likeness (QED) is 0.847. The van der Waals surface area contributed by atoms with Gasteiger partial charge in [0.25, 0.3) is 5.91 Å². The van der Waals surface area contributed by atoms with Gasteiger partial charge in [-0.3, -0.25) is 4.79 Å². The fourth-order valence-electron chi connectivity index (χ4n) is 1.20. The van der Waals surface area contributed by atoms with E-state index in [1.165, 1.54) is 17.8 Å². The number of carbonyl (C=O) groups excluding carboxylic acids is 1. The van der Waals surface area contributed by atoms with Gasteiger partial charge >= 0.3 is 0 Å². The van der Waals surface area contributed by atoms with E-state index in [-0.39, 0.29) is 5.69 Å². The highest BCUT2D eigenvalue weighted by molar-refractivity contribution is 7.09. The smallest absolute Gasteiger partial charge is 0.270 e. The molecular weight excluding hydrogens is 254 g/mol. The number of oxazole rings is 1. The summed E-state index contributed by atoms with van der Waals surface area (Å²) in [7, 11) is 0. The highest BCUT2D eigenvalue weighted by Gasteiger charge is 2.10. The van der Waals surface area contributed by atoms with Crippen LogP contribution in [0.15, 0.2) is 10.7 Å². The Labute approximate surface area is 108 Å². The second-order valence-corrected chi connectivity index (χ2v) is 4.71. The van der Waals surface area contributed by atoms with Gasteiger partial charge in [-0.1, -0.05) is 13.8 Å². The molecule has 0 aliphatic rings. The lowest BCUT2D eigenvalue weighted by molar-refractivity contribution is 0.0995. The van der Waals surface area contributed by atoms with Crippen molar-refractivity contribution in [2.75, 3.05) is 5.32 Å². The van der Waals surface area contributed by atoms with Crippen LogP contribution in [0.5, 0.6) is 0 Å². The maximum absolute atomic E-state index is 10.8. The molecule has 0 saturated heterocycles. The summed E-state index contributed by atoms with van der Waals surface area (Å²) in [6.45, 7) is 4.39. The molecule has 0 saturated carbocycles. The lowest BCUT2D eigenvalue weighted by Gasteiger charge is -1.97. The van der Waals surface area contributed by atoms with Gasteiger partial charge in [-0.2, -0.15) is 4.37 Å². The van der Waals surface area contributed by atoms with Crippen molar-refractivity contribution < 1.29 is 9.21 Å². The van der Waals surface area contributed by atoms with Crippen LogP contribution < -0.4 is 11.1 Å². The summed E-state index contributed by atoms with van der Waals surface area (Å²) >= 11 is 1.28. The Morgan fingerprint density at radius 3 is 2.89 bits per heavy atom. The van der Waals surface area contributed by atoms with E-state index in [0.29, 0.717) is 23.5 Å². The summed E-state index contributed by atoms with van der Waals surface area (Å²) in [6.07, 6.45) is 1.24. The van der Waals surface area contributed by atoms with Crippen molar-refractivity contribution in [1.82, 2.24) is 14.3 Å². The number of amides is 1. The summed E-state index contributed by atoms with van der Waals surface area (Å²) in [5, 5.41) is 3.72. The molecule has 2 rings (SSSR count). The molecule has 96 valence electrons. The first-order chi connectivity index (χ1) is 8.56. The van der Waals surface area contributed by atoms with E-state index in [0.717, 1.165) is 5.82 Å². The summed E-state index contributed by atoms with van der Waals surface area (Å²) in [5.41, 5.74) is 5.19. The van der Waals surface area contributed by atoms with Crippen molar-refractivity contribution in [2.24, 2.45) is 5.73 Å². The van der Waals surface area contributed by atoms with Crippen molar-refractivity contribution in [3.63, 3.8) is 0 Å². The van der Waals surface area contributed by atoms with E-state index >= 15 is 0 Å². The van der Waals surface area contributed by atoms with Crippen LogP contribution in [-0.4, -0.2) is 20.2 Å². The van der Waals surface area contributed by atoms with Crippen LogP contribution in [0.3, 0.4) is 0 Å². The SMILES string of the molecule is CC(C)c1nsc(NCc2nc(C(N)=O)co2)n1. The van der Waals surface area contributed by atoms with Crippen molar-refractivity contribution in [3.8, 4) is 0 Å². The molecule has 0 aliphatic heterocycles. The predicted molar refractivity (Wildman–Crippen MR) is 66.3 cm³/mol. The molecule has 0 unspecified atom stereocenters. The van der Waals surface area contributed by atoms with Crippen LogP contribution in [0, 0.1) is 0 Å². The molecule has 18 heavy (non-hydrogen) atoms. The van der Waals surface area contributed by atoms with Crippen LogP contribution in [0.4, 0.5) is 5.13 Å². The van der Waals surface area contributed by atoms with Gasteiger partial charge in [-0.05, 0) is 0 Å². The van der Waals surface area contributed by atoms with E-state index in [1.807, 2.05) is 13.8 Å². The number of hydrogen-bond acceptors (Lipinski definition) is 7. The monoisotopic (exact) mass is 267 g/mol. The lowest BCUT2D eigenvalue weighted by atomic mass is 10.2. The molecule has 2 aromatic rings. The Hall–Kier alpha value is -1.96. The van der Waals surface area contributed by atoms with Crippen LogP contribution in [0.2, 0.25) is 0 Å². The van der Waals surface area contributed by atoms with E-state index in [2.05, 4.69) is 19.7 Å². The largest absolute Gasteiger partial charge is 0.446 e. The molecular formula is C10H13N5O2S. The third kappa shape index (κ3) is 2.83. The number of primary amides is 1. The van der Waals surface area contributed by atoms with Gasteiger partial charge in [0.1, 0.15) is 12.1 Å². The maximum atomic E-state index is 10.8. The standard InChI is InChI=1S/C10H13N5O2S/c1-5(2)9-14-10(18-15-9)12-3-7-13-6(4-17-7)8(11)16/h4-5H,3H2,1-2H3,(H2,11,16)(H,12,14,15). The number of nitrogens with two attached hydrogens (primary N) is 1. The third-order valence-corrected chi connectivity index (χ3v) is 2.84. The molecule has 7 nitrogen and oxygen atoms in total. The molecule has 0 aliphatic carbocycles. The first kappa shape index (κ1) is 12.5. The minimum absolute atomic E-state index is 0.118. The summed E-state index contributed by atoms with van der Waals surface area (Å²) in [6, 6.07) is 0. The van der Waals surface area contributed by atoms with Gasteiger partial charge in [0.2, 0.25) is 11.0 Å². The van der Waals surface area contributed by atoms with E-state index in [4.69, 9.17) is 10.2 Å². The average molecular weight is 267 g/mol. The predicted octanol–water partition coefficient (Wildman–Crippen LogP) is 1.36. The Bertz CT molecular complexity index is 548. The van der Waals surface area contributed by atoms with Crippen molar-refractivity contribution in [2.45, 2.75) is 26.3 Å². The molecule has 0 aromatic carbocycles. The van der Waals surface area contributed by atoms with Crippen LogP contribution in [0.25, 0.3) is 0 Å². The molecule has 2 heterocycles. The Balaban J connectivity index is 1.95. The zero-order valence-corrected chi connectivity index (χ0v) is 10.8. The molecule has 0 bridgehead atoms. The first-order valence-corrected chi connectivity index (χ1v) is 6.15. The molecule has 0 spiro atoms. The molecule has 2 aromatic heterocycles. The summed E-state index contributed by atoms with van der Waals surface area (Å²) < 4.78 is 9.29. The van der Waals surface area contributed by atoms with Crippen molar-refractivity contribution in [1.29, 1.82) is 0 Å². The minimum Gasteiger partial charge on any atom is -0.446 e. The number of carbonyl (C=O) groups is 1. The zero-order chi connectivity index (χ0) is 13.1. The van der Waals surface area contributed by atoms with Crippen molar-refractivity contribution >= 4 is 22.6 Å². The number of nitrogens with one attached hydrogen (secondary N) is 1. The molecule has 0 fully saturated rings. The molecule has 0 radical (unpaired) electrons. The van der Waals surface area contributed by atoms with E-state index in [9.17, 15) is 4.79 Å². The van der Waals surface area contributed by atoms with Gasteiger partial charge in [-0.25, -0.2) is 9.97 Å². The number of nitrogens with zero attached hydrogens (tertiary/aromatic N) is 3. The van der Waals surface area contributed by atoms with E-state index < -0.39 is 5.91 Å². The van der Waals surface area contributed by atoms with Gasteiger partial charge in [-0.15, -0.1) is 0 Å². The lowest BCUT2D eigenvalue weighted by Crippen LogP contribution is -2.11. The molecule has 3 N–H and O–H groups in total. The number of hydrogen-bond donors (Lipinski definition) is 2. The first-order valence-electron chi connectivity index (χ1n) is 5.38. The topological polar surface area (TPSA) is 107 Å². The number of rotatable bonds is 5. The number of anilines is 1. The Morgan fingerprint density at radius 2 is 2.33 bits per heavy atom. The van der Waals surface area contributed by atoms with Gasteiger partial charge in [0, 0.05) is 17.5 Å². The third-order valence-electron chi connectivity index (χ3n) is 2.15.